The molecule has 0 aromatic carbocycles. The first kappa shape index (κ1) is 21.4. The maximum Gasteiger partial charge on any atom is 0.0751 e. The maximum atomic E-state index is 9.71. The minimum atomic E-state index is -0.668. The van der Waals surface area contributed by atoms with Crippen LogP contribution in [0.2, 0.25) is 0 Å². The van der Waals surface area contributed by atoms with E-state index in [0.29, 0.717) is 12.8 Å². The molecule has 4 atom stereocenters. The van der Waals surface area contributed by atoms with E-state index in [9.17, 15) is 20.4 Å². The van der Waals surface area contributed by atoms with Crippen LogP contribution in [0.4, 0.5) is 0 Å². The summed E-state index contributed by atoms with van der Waals surface area (Å²) in [4.78, 5) is 0. The van der Waals surface area contributed by atoms with Crippen molar-refractivity contribution in [2.45, 2.75) is 90.6 Å². The second kappa shape index (κ2) is 8.13. The molecule has 0 unspecified atom stereocenters. The first-order valence-corrected chi connectivity index (χ1v) is 8.96. The van der Waals surface area contributed by atoms with Crippen LogP contribution in [-0.2, 0) is 0 Å². The van der Waals surface area contributed by atoms with Gasteiger partial charge >= 0.3 is 0 Å². The predicted molar refractivity (Wildman–Crippen MR) is 97.6 cm³/mol. The normalized spacial score (nSPS) is 31.6. The highest BCUT2D eigenvalue weighted by Crippen LogP contribution is 2.32. The van der Waals surface area contributed by atoms with Gasteiger partial charge < -0.3 is 20.4 Å². The van der Waals surface area contributed by atoms with E-state index in [0.717, 1.165) is 24.0 Å². The lowest BCUT2D eigenvalue weighted by Gasteiger charge is -2.33. The van der Waals surface area contributed by atoms with Gasteiger partial charge in [0.15, 0.2) is 0 Å². The summed E-state index contributed by atoms with van der Waals surface area (Å²) < 4.78 is 0. The predicted octanol–water partition coefficient (Wildman–Crippen LogP) is 2.95. The Morgan fingerprint density at radius 2 is 1.04 bits per heavy atom. The van der Waals surface area contributed by atoms with E-state index in [2.05, 4.69) is 0 Å². The molecule has 0 saturated carbocycles. The monoisotopic (exact) mass is 340 g/mol. The molecule has 0 heterocycles. The molecule has 0 saturated heterocycles. The van der Waals surface area contributed by atoms with Gasteiger partial charge in [-0.3, -0.25) is 0 Å². The Bertz CT molecular complexity index is 421. The molecule has 2 rings (SSSR count). The summed E-state index contributed by atoms with van der Waals surface area (Å²) in [6, 6.07) is 0. The second-order valence-electron chi connectivity index (χ2n) is 8.57. The summed E-state index contributed by atoms with van der Waals surface area (Å²) in [6.45, 7) is 11.1. The minimum absolute atomic E-state index is 0.191. The Balaban J connectivity index is 0.000000240. The van der Waals surface area contributed by atoms with E-state index in [1.807, 2.05) is 26.0 Å². The summed E-state index contributed by atoms with van der Waals surface area (Å²) in [6.07, 6.45) is 6.48. The standard InChI is InChI=1S/2C10H18O2/c2*1-7-4-5-8(6-9(7)11)10(2,3)12/h2*4,8-9,11-12H,5-6H2,1-3H3/t2*8-,9+/m10/s1. The van der Waals surface area contributed by atoms with E-state index < -0.39 is 11.2 Å². The molecule has 2 aliphatic carbocycles. The van der Waals surface area contributed by atoms with Crippen LogP contribution in [0.3, 0.4) is 0 Å². The van der Waals surface area contributed by atoms with Crippen LogP contribution in [0.15, 0.2) is 23.3 Å². The Morgan fingerprint density at radius 3 is 1.25 bits per heavy atom. The fraction of sp³-hybridized carbons (Fsp3) is 0.800. The molecule has 0 aromatic rings. The first-order valence-electron chi connectivity index (χ1n) is 8.96. The zero-order valence-electron chi connectivity index (χ0n) is 16.1. The van der Waals surface area contributed by atoms with Gasteiger partial charge in [-0.15, -0.1) is 0 Å². The highest BCUT2D eigenvalue weighted by Gasteiger charge is 2.31. The van der Waals surface area contributed by atoms with Crippen molar-refractivity contribution in [1.29, 1.82) is 0 Å². The zero-order chi connectivity index (χ0) is 18.7. The van der Waals surface area contributed by atoms with Crippen molar-refractivity contribution in [3.8, 4) is 0 Å². The van der Waals surface area contributed by atoms with Crippen molar-refractivity contribution in [3.05, 3.63) is 23.3 Å². The van der Waals surface area contributed by atoms with Crippen LogP contribution in [0.5, 0.6) is 0 Å². The lowest BCUT2D eigenvalue weighted by molar-refractivity contribution is -0.00568. The molecule has 0 aliphatic heterocycles. The molecule has 4 N–H and O–H groups in total. The number of hydrogen-bond acceptors (Lipinski definition) is 4. The second-order valence-corrected chi connectivity index (χ2v) is 8.57. The van der Waals surface area contributed by atoms with Gasteiger partial charge in [-0.25, -0.2) is 0 Å². The Labute approximate surface area is 146 Å². The lowest BCUT2D eigenvalue weighted by atomic mass is 9.78. The molecular weight excluding hydrogens is 304 g/mol. The summed E-state index contributed by atoms with van der Waals surface area (Å²) >= 11 is 0. The van der Waals surface area contributed by atoms with E-state index >= 15 is 0 Å². The smallest absolute Gasteiger partial charge is 0.0751 e. The number of hydrogen-bond donors (Lipinski definition) is 4. The average Bonchev–Trinajstić information content (AvgIpc) is 2.43. The molecule has 0 bridgehead atoms. The average molecular weight is 341 g/mol. The molecule has 4 nitrogen and oxygen atoms in total. The van der Waals surface area contributed by atoms with Crippen LogP contribution in [0.1, 0.15) is 67.2 Å². The van der Waals surface area contributed by atoms with Crippen LogP contribution in [-0.4, -0.2) is 43.8 Å². The maximum absolute atomic E-state index is 9.71. The molecule has 0 aromatic heterocycles. The highest BCUT2D eigenvalue weighted by atomic mass is 16.3. The van der Waals surface area contributed by atoms with Crippen LogP contribution in [0.25, 0.3) is 0 Å². The largest absolute Gasteiger partial charge is 0.390 e. The minimum Gasteiger partial charge on any atom is -0.390 e. The van der Waals surface area contributed by atoms with Crippen molar-refractivity contribution in [3.63, 3.8) is 0 Å². The van der Waals surface area contributed by atoms with Crippen molar-refractivity contribution in [2.24, 2.45) is 11.8 Å². The number of allylic oxidation sites excluding steroid dienone is 2. The van der Waals surface area contributed by atoms with Crippen LogP contribution < -0.4 is 0 Å². The molecule has 140 valence electrons. The third-order valence-corrected chi connectivity index (χ3v) is 5.51. The molecule has 2 aliphatic rings. The first-order chi connectivity index (χ1) is 10.8. The number of aliphatic hydroxyl groups is 4. The van der Waals surface area contributed by atoms with Crippen molar-refractivity contribution in [1.82, 2.24) is 0 Å². The Morgan fingerprint density at radius 1 is 0.750 bits per heavy atom. The molecule has 0 fully saturated rings. The van der Waals surface area contributed by atoms with E-state index in [-0.39, 0.29) is 24.0 Å². The molecular formula is C20H36O4. The lowest BCUT2D eigenvalue weighted by Crippen LogP contribution is -2.35. The fourth-order valence-electron chi connectivity index (χ4n) is 3.19. The summed E-state index contributed by atoms with van der Waals surface area (Å²) in [5.41, 5.74) is 0.738. The SMILES string of the molecule is CC1=CC[C@@H](C(C)(C)O)C[C@@H]1O.CC1=CC[C@H](C(C)(C)O)C[C@H]1O. The highest BCUT2D eigenvalue weighted by molar-refractivity contribution is 5.11. The van der Waals surface area contributed by atoms with Crippen LogP contribution >= 0.6 is 0 Å². The van der Waals surface area contributed by atoms with Gasteiger partial charge in [-0.2, -0.15) is 0 Å². The Kier molecular flexibility index (Phi) is 7.24. The molecule has 0 spiro atoms. The van der Waals surface area contributed by atoms with Gasteiger partial charge in [0.05, 0.1) is 23.4 Å². The Hall–Kier alpha value is -0.680. The van der Waals surface area contributed by atoms with Crippen LogP contribution in [0, 0.1) is 11.8 Å². The van der Waals surface area contributed by atoms with Gasteiger partial charge in [0.1, 0.15) is 0 Å². The van der Waals surface area contributed by atoms with Crippen molar-refractivity contribution >= 4 is 0 Å². The third kappa shape index (κ3) is 6.32. The van der Waals surface area contributed by atoms with Gasteiger partial charge in [-0.05, 0) is 90.2 Å². The third-order valence-electron chi connectivity index (χ3n) is 5.51. The number of rotatable bonds is 2. The molecule has 4 heteroatoms. The van der Waals surface area contributed by atoms with Gasteiger partial charge in [0.2, 0.25) is 0 Å². The van der Waals surface area contributed by atoms with E-state index in [1.165, 1.54) is 0 Å². The van der Waals surface area contributed by atoms with Gasteiger partial charge in [-0.1, -0.05) is 12.2 Å². The quantitative estimate of drug-likeness (QED) is 0.583. The van der Waals surface area contributed by atoms with Gasteiger partial charge in [0, 0.05) is 0 Å². The topological polar surface area (TPSA) is 80.9 Å². The van der Waals surface area contributed by atoms with Crippen molar-refractivity contribution in [2.75, 3.05) is 0 Å². The summed E-state index contributed by atoms with van der Waals surface area (Å²) in [7, 11) is 0. The van der Waals surface area contributed by atoms with Crippen molar-refractivity contribution < 1.29 is 20.4 Å². The van der Waals surface area contributed by atoms with E-state index in [1.54, 1.807) is 27.7 Å². The summed E-state index contributed by atoms with van der Waals surface area (Å²) in [5.74, 6) is 0.382. The molecule has 24 heavy (non-hydrogen) atoms. The fourth-order valence-corrected chi connectivity index (χ4v) is 3.19. The van der Waals surface area contributed by atoms with Gasteiger partial charge in [0.25, 0.3) is 0 Å². The summed E-state index contributed by atoms with van der Waals surface area (Å²) in [5, 5.41) is 38.5. The number of aliphatic hydroxyl groups excluding tert-OH is 2. The molecule has 0 radical (unpaired) electrons. The zero-order valence-corrected chi connectivity index (χ0v) is 16.1. The molecule has 0 amide bonds. The van der Waals surface area contributed by atoms with E-state index in [4.69, 9.17) is 0 Å².